The molecule has 0 unspecified atom stereocenters. The zero-order valence-electron chi connectivity index (χ0n) is 36.7. The summed E-state index contributed by atoms with van der Waals surface area (Å²) in [6.07, 6.45) is 13.3. The van der Waals surface area contributed by atoms with Crippen molar-refractivity contribution in [2.75, 3.05) is 55.6 Å². The van der Waals surface area contributed by atoms with Crippen LogP contribution < -0.4 is 25.8 Å². The Morgan fingerprint density at radius 3 is 2.44 bits per heavy atom. The van der Waals surface area contributed by atoms with Gasteiger partial charge in [0, 0.05) is 86.3 Å². The van der Waals surface area contributed by atoms with Gasteiger partial charge in [-0.2, -0.15) is 15.2 Å². The van der Waals surface area contributed by atoms with E-state index in [9.17, 15) is 14.4 Å². The summed E-state index contributed by atoms with van der Waals surface area (Å²) in [5.74, 6) is 0.528. The van der Waals surface area contributed by atoms with E-state index in [0.29, 0.717) is 37.3 Å². The number of carbonyl (C=O) groups is 3. The van der Waals surface area contributed by atoms with Gasteiger partial charge in [0.25, 0.3) is 0 Å². The number of carbonyl (C=O) groups excluding carboxylic acids is 3. The molecule has 6 aromatic rings. The minimum atomic E-state index is -0.381. The number of amides is 4. The van der Waals surface area contributed by atoms with Crippen molar-refractivity contribution in [3.8, 4) is 22.5 Å². The second kappa shape index (κ2) is 17.3. The van der Waals surface area contributed by atoms with Gasteiger partial charge in [-0.1, -0.05) is 38.1 Å². The monoisotopic (exact) mass is 865 g/mol. The van der Waals surface area contributed by atoms with Gasteiger partial charge in [0.15, 0.2) is 5.82 Å². The Hall–Kier alpha value is -6.46. The molecule has 3 fully saturated rings. The number of rotatable bonds is 9. The van der Waals surface area contributed by atoms with Crippen molar-refractivity contribution in [1.82, 2.24) is 55.4 Å². The maximum Gasteiger partial charge on any atom is 0.328 e. The van der Waals surface area contributed by atoms with Gasteiger partial charge in [0.1, 0.15) is 0 Å². The summed E-state index contributed by atoms with van der Waals surface area (Å²) in [6.45, 7) is 13.0. The lowest BCUT2D eigenvalue weighted by Gasteiger charge is -2.38. The van der Waals surface area contributed by atoms with Crippen LogP contribution >= 0.6 is 0 Å². The Morgan fingerprint density at radius 1 is 0.875 bits per heavy atom. The third-order valence-corrected chi connectivity index (χ3v) is 13.2. The first-order chi connectivity index (χ1) is 31.0. The van der Waals surface area contributed by atoms with Gasteiger partial charge in [0.2, 0.25) is 5.91 Å². The molecule has 2 aromatic carbocycles. The van der Waals surface area contributed by atoms with Crippen molar-refractivity contribution >= 4 is 34.7 Å². The lowest BCUT2D eigenvalue weighted by atomic mass is 9.94. The number of likely N-dealkylation sites (tertiary alicyclic amines) is 1. The zero-order chi connectivity index (χ0) is 44.0. The minimum absolute atomic E-state index is 0.0309. The number of urea groups is 1. The van der Waals surface area contributed by atoms with E-state index in [-0.39, 0.29) is 35.2 Å². The average molecular weight is 866 g/mol. The van der Waals surface area contributed by atoms with Crippen molar-refractivity contribution in [2.45, 2.75) is 83.3 Å². The molecule has 0 spiro atoms. The molecular weight excluding hydrogens is 811 g/mol. The fourth-order valence-corrected chi connectivity index (χ4v) is 9.57. The number of aromatic nitrogens is 7. The SMILES string of the molecule is CC(C)(C)c1noc(C(=O)N[C@@H]2CCNCc3cc(-c4nc(-c5cnn(C6CCN(CC7CCN(c8ccc(N9CCC(=O)NC9=O)cc8)CC7)CC6)c5)cn5nccc45)ccc32)n1. The van der Waals surface area contributed by atoms with Gasteiger partial charge in [0.05, 0.1) is 47.6 Å². The number of anilines is 2. The number of hydrogen-bond acceptors (Lipinski definition) is 12. The van der Waals surface area contributed by atoms with Crippen LogP contribution in [0.4, 0.5) is 16.2 Å². The van der Waals surface area contributed by atoms with E-state index in [1.165, 1.54) is 5.69 Å². The fraction of sp³-hybridized carbons (Fsp3) is 0.447. The molecule has 0 radical (unpaired) electrons. The third-order valence-electron chi connectivity index (χ3n) is 13.2. The van der Waals surface area contributed by atoms with Gasteiger partial charge in [-0.3, -0.25) is 24.5 Å². The molecule has 4 aliphatic rings. The molecule has 3 saturated heterocycles. The molecule has 64 heavy (non-hydrogen) atoms. The van der Waals surface area contributed by atoms with Crippen molar-refractivity contribution in [2.24, 2.45) is 5.92 Å². The Kier molecular flexibility index (Phi) is 11.2. The molecule has 8 heterocycles. The van der Waals surface area contributed by atoms with Crippen LogP contribution in [-0.2, 0) is 16.8 Å². The van der Waals surface area contributed by atoms with Gasteiger partial charge in [-0.05, 0) is 92.1 Å². The van der Waals surface area contributed by atoms with Crippen molar-refractivity contribution in [3.63, 3.8) is 0 Å². The van der Waals surface area contributed by atoms with Crippen LogP contribution in [0, 0.1) is 5.92 Å². The number of piperidine rings is 2. The average Bonchev–Trinajstić information content (AvgIpc) is 4.08. The molecular formula is C47H55N13O4. The van der Waals surface area contributed by atoms with Crippen LogP contribution in [0.15, 0.2) is 77.8 Å². The van der Waals surface area contributed by atoms with E-state index in [1.807, 2.05) is 55.9 Å². The molecule has 4 amide bonds. The summed E-state index contributed by atoms with van der Waals surface area (Å²) in [6, 6.07) is 16.2. The van der Waals surface area contributed by atoms with E-state index >= 15 is 0 Å². The van der Waals surface area contributed by atoms with E-state index in [2.05, 4.69) is 82.2 Å². The standard InChI is InChI=1S/C47H55N13O4/c1-47(2,3)45-54-44(64-55-45)43(62)52-38-10-17-48-25-32-24-31(4-9-37(32)38)42-40-11-18-49-60(40)29-39(51-42)33-26-50-59(28-33)36-14-19-56(20-15-36)27-30-12-21-57(22-13-30)34-5-7-35(8-6-34)58-23-16-41(61)53-46(58)63/h4-9,11,18,24,26,28-30,36,38,48H,10,12-17,19-23,25,27H2,1-3H3,(H,52,62)(H,53,61,63)/t38-/m1/s1. The van der Waals surface area contributed by atoms with Crippen LogP contribution in [-0.4, -0.2) is 103 Å². The first kappa shape index (κ1) is 41.5. The molecule has 332 valence electrons. The zero-order valence-corrected chi connectivity index (χ0v) is 36.7. The quantitative estimate of drug-likeness (QED) is 0.157. The molecule has 1 atom stereocenters. The summed E-state index contributed by atoms with van der Waals surface area (Å²) < 4.78 is 9.36. The Bertz CT molecular complexity index is 2660. The van der Waals surface area contributed by atoms with E-state index in [0.717, 1.165) is 116 Å². The summed E-state index contributed by atoms with van der Waals surface area (Å²) in [7, 11) is 0. The molecule has 4 aromatic heterocycles. The molecule has 0 saturated carbocycles. The second-order valence-corrected chi connectivity index (χ2v) is 18.7. The highest BCUT2D eigenvalue weighted by atomic mass is 16.5. The summed E-state index contributed by atoms with van der Waals surface area (Å²) >= 11 is 0. The predicted molar refractivity (Wildman–Crippen MR) is 241 cm³/mol. The maximum absolute atomic E-state index is 13.3. The molecule has 17 nitrogen and oxygen atoms in total. The maximum atomic E-state index is 13.3. The van der Waals surface area contributed by atoms with E-state index in [1.54, 1.807) is 11.1 Å². The number of nitrogens with zero attached hydrogens (tertiary/aromatic N) is 10. The molecule has 4 aliphatic heterocycles. The number of benzene rings is 2. The highest BCUT2D eigenvalue weighted by Gasteiger charge is 2.30. The van der Waals surface area contributed by atoms with Crippen LogP contribution in [0.1, 0.15) is 99.0 Å². The lowest BCUT2D eigenvalue weighted by molar-refractivity contribution is -0.120. The van der Waals surface area contributed by atoms with Gasteiger partial charge in [-0.25, -0.2) is 14.3 Å². The normalized spacial score (nSPS) is 19.5. The minimum Gasteiger partial charge on any atom is -0.372 e. The molecule has 17 heteroatoms. The summed E-state index contributed by atoms with van der Waals surface area (Å²) in [5, 5.41) is 22.6. The predicted octanol–water partition coefficient (Wildman–Crippen LogP) is 5.90. The van der Waals surface area contributed by atoms with Crippen LogP contribution in [0.2, 0.25) is 0 Å². The number of imide groups is 1. The summed E-state index contributed by atoms with van der Waals surface area (Å²) in [4.78, 5) is 53.4. The van der Waals surface area contributed by atoms with Gasteiger partial charge < -0.3 is 25.0 Å². The first-order valence-corrected chi connectivity index (χ1v) is 22.6. The van der Waals surface area contributed by atoms with E-state index < -0.39 is 0 Å². The van der Waals surface area contributed by atoms with Crippen LogP contribution in [0.25, 0.3) is 28.0 Å². The fourth-order valence-electron chi connectivity index (χ4n) is 9.57. The van der Waals surface area contributed by atoms with Crippen LogP contribution in [0.5, 0.6) is 0 Å². The number of nitrogens with one attached hydrogen (secondary N) is 3. The Morgan fingerprint density at radius 2 is 1.67 bits per heavy atom. The number of fused-ring (bicyclic) bond motifs is 2. The Balaban J connectivity index is 0.758. The largest absolute Gasteiger partial charge is 0.372 e. The van der Waals surface area contributed by atoms with Gasteiger partial charge in [-0.15, -0.1) is 0 Å². The smallest absolute Gasteiger partial charge is 0.328 e. The Labute approximate surface area is 371 Å². The van der Waals surface area contributed by atoms with E-state index in [4.69, 9.17) is 14.6 Å². The molecule has 3 N–H and O–H groups in total. The molecule has 10 rings (SSSR count). The highest BCUT2D eigenvalue weighted by Crippen LogP contribution is 2.34. The second-order valence-electron chi connectivity index (χ2n) is 18.7. The lowest BCUT2D eigenvalue weighted by Crippen LogP contribution is -2.49. The third kappa shape index (κ3) is 8.61. The van der Waals surface area contributed by atoms with Crippen LogP contribution in [0.3, 0.4) is 0 Å². The number of hydrogen-bond donors (Lipinski definition) is 3. The first-order valence-electron chi connectivity index (χ1n) is 22.6. The van der Waals surface area contributed by atoms with Crippen molar-refractivity contribution in [3.05, 3.63) is 96.2 Å². The topological polar surface area (TPSA) is 184 Å². The highest BCUT2D eigenvalue weighted by molar-refractivity contribution is 6.05. The molecule has 0 aliphatic carbocycles. The van der Waals surface area contributed by atoms with Crippen molar-refractivity contribution < 1.29 is 18.9 Å². The summed E-state index contributed by atoms with van der Waals surface area (Å²) in [5.41, 5.74) is 8.25. The van der Waals surface area contributed by atoms with Gasteiger partial charge >= 0.3 is 17.8 Å². The molecule has 0 bridgehead atoms. The van der Waals surface area contributed by atoms with Crippen molar-refractivity contribution in [1.29, 1.82) is 0 Å².